The quantitative estimate of drug-likeness (QED) is 0.744. The molecule has 1 aliphatic carbocycles. The summed E-state index contributed by atoms with van der Waals surface area (Å²) >= 11 is 0. The van der Waals surface area contributed by atoms with E-state index in [9.17, 15) is 8.42 Å². The minimum Gasteiger partial charge on any atom is -0.380 e. The molecule has 1 atom stereocenters. The Morgan fingerprint density at radius 2 is 1.89 bits per heavy atom. The van der Waals surface area contributed by atoms with E-state index >= 15 is 0 Å². The molecule has 106 valence electrons. The molecule has 0 radical (unpaired) electrons. The van der Waals surface area contributed by atoms with Gasteiger partial charge in [0, 0.05) is 19.2 Å². The van der Waals surface area contributed by atoms with E-state index in [4.69, 9.17) is 4.74 Å². The lowest BCUT2D eigenvalue weighted by atomic mass is 9.90. The minimum absolute atomic E-state index is 0.147. The molecular formula is C13H25NO3S. The van der Waals surface area contributed by atoms with Gasteiger partial charge in [-0.05, 0) is 25.2 Å². The molecule has 0 spiro atoms. The molecule has 0 amide bonds. The van der Waals surface area contributed by atoms with Crippen molar-refractivity contribution in [3.63, 3.8) is 0 Å². The monoisotopic (exact) mass is 275 g/mol. The van der Waals surface area contributed by atoms with Crippen LogP contribution in [0, 0.1) is 5.92 Å². The zero-order chi connectivity index (χ0) is 12.8. The maximum atomic E-state index is 11.3. The zero-order valence-electron chi connectivity index (χ0n) is 11.1. The first-order valence-electron chi connectivity index (χ1n) is 7.17. The molecule has 18 heavy (non-hydrogen) atoms. The zero-order valence-corrected chi connectivity index (χ0v) is 11.9. The number of hydrogen-bond donors (Lipinski definition) is 1. The lowest BCUT2D eigenvalue weighted by molar-refractivity contribution is 0.0860. The van der Waals surface area contributed by atoms with Gasteiger partial charge in [-0.15, -0.1) is 0 Å². The van der Waals surface area contributed by atoms with Crippen molar-refractivity contribution >= 4 is 9.84 Å². The fourth-order valence-corrected chi connectivity index (χ4v) is 4.60. The van der Waals surface area contributed by atoms with Crippen molar-refractivity contribution in [1.29, 1.82) is 0 Å². The number of sulfone groups is 1. The summed E-state index contributed by atoms with van der Waals surface area (Å²) in [6, 6.07) is 0.147. The molecule has 1 unspecified atom stereocenters. The van der Waals surface area contributed by atoms with Gasteiger partial charge < -0.3 is 10.1 Å². The van der Waals surface area contributed by atoms with E-state index in [0.717, 1.165) is 25.5 Å². The summed E-state index contributed by atoms with van der Waals surface area (Å²) in [4.78, 5) is 0. The normalized spacial score (nSPS) is 28.6. The van der Waals surface area contributed by atoms with Gasteiger partial charge in [-0.2, -0.15) is 0 Å². The van der Waals surface area contributed by atoms with Crippen LogP contribution in [0.2, 0.25) is 0 Å². The molecule has 0 aromatic rings. The van der Waals surface area contributed by atoms with E-state index in [1.807, 2.05) is 0 Å². The largest absolute Gasteiger partial charge is 0.380 e. The molecule has 1 heterocycles. The fraction of sp³-hybridized carbons (Fsp3) is 1.00. The van der Waals surface area contributed by atoms with Crippen LogP contribution < -0.4 is 5.32 Å². The summed E-state index contributed by atoms with van der Waals surface area (Å²) in [7, 11) is -2.76. The van der Waals surface area contributed by atoms with E-state index in [0.29, 0.717) is 18.1 Å². The topological polar surface area (TPSA) is 55.4 Å². The molecule has 1 aliphatic heterocycles. The first kappa shape index (κ1) is 14.3. The predicted molar refractivity (Wildman–Crippen MR) is 72.5 cm³/mol. The average Bonchev–Trinajstić information content (AvgIpc) is 2.70. The number of nitrogens with one attached hydrogen (secondary N) is 1. The first-order chi connectivity index (χ1) is 8.66. The third kappa shape index (κ3) is 4.86. The van der Waals surface area contributed by atoms with Crippen molar-refractivity contribution in [1.82, 2.24) is 5.32 Å². The standard InChI is InChI=1S/C13H25NO3S/c15-18(16)9-6-13(11-18)14-7-8-17-10-12-4-2-1-3-5-12/h12-14H,1-11H2. The van der Waals surface area contributed by atoms with Crippen LogP contribution in [-0.2, 0) is 14.6 Å². The molecule has 1 saturated heterocycles. The van der Waals surface area contributed by atoms with Crippen LogP contribution in [0.1, 0.15) is 38.5 Å². The molecule has 2 fully saturated rings. The SMILES string of the molecule is O=S1(=O)CCC(NCCOCC2CCCCC2)C1. The Hall–Kier alpha value is -0.130. The van der Waals surface area contributed by atoms with Crippen LogP contribution in [-0.4, -0.2) is 45.7 Å². The molecule has 2 rings (SSSR count). The molecular weight excluding hydrogens is 250 g/mol. The summed E-state index contributed by atoms with van der Waals surface area (Å²) in [6.45, 7) is 2.35. The second-order valence-corrected chi connectivity index (χ2v) is 7.86. The van der Waals surface area contributed by atoms with Crippen LogP contribution in [0.5, 0.6) is 0 Å². The first-order valence-corrected chi connectivity index (χ1v) is 8.99. The third-order valence-electron chi connectivity index (χ3n) is 3.99. The van der Waals surface area contributed by atoms with E-state index in [1.54, 1.807) is 0 Å². The van der Waals surface area contributed by atoms with Crippen molar-refractivity contribution < 1.29 is 13.2 Å². The van der Waals surface area contributed by atoms with E-state index in [-0.39, 0.29) is 6.04 Å². The Labute approximate surface area is 110 Å². The third-order valence-corrected chi connectivity index (χ3v) is 5.76. The van der Waals surface area contributed by atoms with Crippen molar-refractivity contribution in [2.24, 2.45) is 5.92 Å². The summed E-state index contributed by atoms with van der Waals surface area (Å²) in [5.41, 5.74) is 0. The van der Waals surface area contributed by atoms with E-state index < -0.39 is 9.84 Å². The summed E-state index contributed by atoms with van der Waals surface area (Å²) < 4.78 is 28.2. The second-order valence-electron chi connectivity index (χ2n) is 5.63. The number of ether oxygens (including phenoxy) is 1. The predicted octanol–water partition coefficient (Wildman–Crippen LogP) is 1.36. The van der Waals surface area contributed by atoms with Crippen LogP contribution >= 0.6 is 0 Å². The fourth-order valence-electron chi connectivity index (χ4n) is 2.90. The molecule has 2 aliphatic rings. The number of hydrogen-bond acceptors (Lipinski definition) is 4. The molecule has 5 heteroatoms. The van der Waals surface area contributed by atoms with Crippen molar-refractivity contribution in [3.8, 4) is 0 Å². The van der Waals surface area contributed by atoms with Gasteiger partial charge in [-0.1, -0.05) is 19.3 Å². The minimum atomic E-state index is -2.76. The Morgan fingerprint density at radius 3 is 2.56 bits per heavy atom. The second kappa shape index (κ2) is 6.87. The maximum Gasteiger partial charge on any atom is 0.151 e. The van der Waals surface area contributed by atoms with Gasteiger partial charge in [0.1, 0.15) is 0 Å². The van der Waals surface area contributed by atoms with Gasteiger partial charge in [-0.25, -0.2) is 8.42 Å². The Balaban J connectivity index is 1.49. The van der Waals surface area contributed by atoms with Gasteiger partial charge in [0.25, 0.3) is 0 Å². The molecule has 0 bridgehead atoms. The van der Waals surface area contributed by atoms with Gasteiger partial charge >= 0.3 is 0 Å². The van der Waals surface area contributed by atoms with Crippen molar-refractivity contribution in [2.45, 2.75) is 44.6 Å². The highest BCUT2D eigenvalue weighted by Crippen LogP contribution is 2.23. The molecule has 0 aromatic carbocycles. The lowest BCUT2D eigenvalue weighted by Gasteiger charge is -2.21. The average molecular weight is 275 g/mol. The maximum absolute atomic E-state index is 11.3. The number of rotatable bonds is 6. The molecule has 1 saturated carbocycles. The van der Waals surface area contributed by atoms with Crippen LogP contribution in [0.4, 0.5) is 0 Å². The van der Waals surface area contributed by atoms with E-state index in [1.165, 1.54) is 32.1 Å². The highest BCUT2D eigenvalue weighted by atomic mass is 32.2. The van der Waals surface area contributed by atoms with Crippen molar-refractivity contribution in [2.75, 3.05) is 31.3 Å². The van der Waals surface area contributed by atoms with Crippen LogP contribution in [0.15, 0.2) is 0 Å². The highest BCUT2D eigenvalue weighted by Gasteiger charge is 2.27. The smallest absolute Gasteiger partial charge is 0.151 e. The summed E-state index contributed by atoms with van der Waals surface area (Å²) in [6.07, 6.45) is 7.47. The lowest BCUT2D eigenvalue weighted by Crippen LogP contribution is -2.33. The van der Waals surface area contributed by atoms with Gasteiger partial charge in [0.2, 0.25) is 0 Å². The molecule has 4 nitrogen and oxygen atoms in total. The van der Waals surface area contributed by atoms with Crippen LogP contribution in [0.3, 0.4) is 0 Å². The summed E-state index contributed by atoms with van der Waals surface area (Å²) in [5.74, 6) is 1.40. The van der Waals surface area contributed by atoms with E-state index in [2.05, 4.69) is 5.32 Å². The van der Waals surface area contributed by atoms with Crippen molar-refractivity contribution in [3.05, 3.63) is 0 Å². The van der Waals surface area contributed by atoms with Crippen LogP contribution in [0.25, 0.3) is 0 Å². The van der Waals surface area contributed by atoms with Gasteiger partial charge in [0.05, 0.1) is 18.1 Å². The summed E-state index contributed by atoms with van der Waals surface area (Å²) in [5, 5.41) is 3.27. The molecule has 1 N–H and O–H groups in total. The Kier molecular flexibility index (Phi) is 5.45. The highest BCUT2D eigenvalue weighted by molar-refractivity contribution is 7.91. The Morgan fingerprint density at radius 1 is 1.11 bits per heavy atom. The molecule has 0 aromatic heterocycles. The van der Waals surface area contributed by atoms with Gasteiger partial charge in [0.15, 0.2) is 9.84 Å². The Bertz CT molecular complexity index is 336. The van der Waals surface area contributed by atoms with Gasteiger partial charge in [-0.3, -0.25) is 0 Å².